The molecule has 0 aliphatic heterocycles. The molecule has 0 spiro atoms. The summed E-state index contributed by atoms with van der Waals surface area (Å²) >= 11 is 0. The van der Waals surface area contributed by atoms with Crippen LogP contribution in [0.25, 0.3) is 0 Å². The largest absolute Gasteiger partial charge is 0.352 e. The van der Waals surface area contributed by atoms with Gasteiger partial charge in [-0.3, -0.25) is 9.79 Å². The van der Waals surface area contributed by atoms with Gasteiger partial charge in [0.1, 0.15) is 0 Å². The molecule has 0 aliphatic carbocycles. The van der Waals surface area contributed by atoms with Gasteiger partial charge in [0.05, 0.1) is 0 Å². The molecule has 0 aliphatic rings. The highest BCUT2D eigenvalue weighted by molar-refractivity contribution is 5.90. The Hall–Kier alpha value is -2.82. The molecule has 1 amide bonds. The summed E-state index contributed by atoms with van der Waals surface area (Å²) < 4.78 is 0. The third-order valence-corrected chi connectivity index (χ3v) is 4.11. The molecule has 5 heteroatoms. The standard InChI is InChI=1S/C21H28N4O/c1-4-7-20(26)25-19-12-10-17(11-13-19)14-23-21(22-3)24-15-18-9-6-5-8-16(18)2/h5-6,8-13H,4,7,14-15H2,1-3H3,(H,25,26)(H2,22,23,24). The average Bonchev–Trinajstić information content (AvgIpc) is 2.64. The molecule has 0 radical (unpaired) electrons. The van der Waals surface area contributed by atoms with Crippen molar-refractivity contribution in [3.8, 4) is 0 Å². The van der Waals surface area contributed by atoms with Crippen molar-refractivity contribution in [2.24, 2.45) is 4.99 Å². The summed E-state index contributed by atoms with van der Waals surface area (Å²) in [5, 5.41) is 9.53. The van der Waals surface area contributed by atoms with E-state index in [1.54, 1.807) is 7.05 Å². The minimum absolute atomic E-state index is 0.0548. The third kappa shape index (κ3) is 6.24. The molecule has 0 unspecified atom stereocenters. The fraction of sp³-hybridized carbons (Fsp3) is 0.333. The minimum atomic E-state index is 0.0548. The predicted octanol–water partition coefficient (Wildman–Crippen LogP) is 3.60. The Balaban J connectivity index is 1.82. The molecule has 0 heterocycles. The van der Waals surface area contributed by atoms with Crippen molar-refractivity contribution < 1.29 is 4.79 Å². The Morgan fingerprint density at radius 2 is 1.69 bits per heavy atom. The van der Waals surface area contributed by atoms with Crippen LogP contribution >= 0.6 is 0 Å². The summed E-state index contributed by atoms with van der Waals surface area (Å²) in [4.78, 5) is 15.9. The van der Waals surface area contributed by atoms with E-state index in [1.807, 2.05) is 43.3 Å². The molecule has 2 aromatic carbocycles. The van der Waals surface area contributed by atoms with E-state index in [0.29, 0.717) is 13.0 Å². The van der Waals surface area contributed by atoms with E-state index < -0.39 is 0 Å². The highest BCUT2D eigenvalue weighted by atomic mass is 16.1. The Morgan fingerprint density at radius 1 is 1.00 bits per heavy atom. The summed E-state index contributed by atoms with van der Waals surface area (Å²) in [7, 11) is 1.76. The molecule has 3 N–H and O–H groups in total. The first-order chi connectivity index (χ1) is 12.6. The van der Waals surface area contributed by atoms with Crippen LogP contribution in [0, 0.1) is 6.92 Å². The third-order valence-electron chi connectivity index (χ3n) is 4.11. The number of guanidine groups is 1. The number of anilines is 1. The van der Waals surface area contributed by atoms with Gasteiger partial charge in [0.15, 0.2) is 5.96 Å². The summed E-state index contributed by atoms with van der Waals surface area (Å²) in [5.41, 5.74) is 4.46. The second-order valence-electron chi connectivity index (χ2n) is 6.20. The van der Waals surface area contributed by atoms with Crippen LogP contribution in [0.1, 0.15) is 36.5 Å². The maximum absolute atomic E-state index is 11.6. The number of aliphatic imine (C=N–C) groups is 1. The SMILES string of the molecule is CCCC(=O)Nc1ccc(CNC(=NC)NCc2ccccc2C)cc1. The maximum Gasteiger partial charge on any atom is 0.224 e. The van der Waals surface area contributed by atoms with Crippen molar-refractivity contribution in [2.45, 2.75) is 39.8 Å². The number of carbonyl (C=O) groups excluding carboxylic acids is 1. The number of amides is 1. The van der Waals surface area contributed by atoms with E-state index in [0.717, 1.165) is 30.2 Å². The molecule has 2 aromatic rings. The molecule has 26 heavy (non-hydrogen) atoms. The molecule has 0 aromatic heterocycles. The second kappa shape index (κ2) is 10.2. The molecule has 0 saturated carbocycles. The molecular formula is C21H28N4O. The van der Waals surface area contributed by atoms with Crippen LogP contribution in [0.5, 0.6) is 0 Å². The van der Waals surface area contributed by atoms with Crippen LogP contribution in [0.2, 0.25) is 0 Å². The van der Waals surface area contributed by atoms with Gasteiger partial charge in [0.25, 0.3) is 0 Å². The second-order valence-corrected chi connectivity index (χ2v) is 6.20. The zero-order valence-electron chi connectivity index (χ0n) is 15.8. The van der Waals surface area contributed by atoms with E-state index in [9.17, 15) is 4.79 Å². The summed E-state index contributed by atoms with van der Waals surface area (Å²) in [6.07, 6.45) is 1.40. The van der Waals surface area contributed by atoms with Crippen molar-refractivity contribution >= 4 is 17.6 Å². The number of hydrogen-bond acceptors (Lipinski definition) is 2. The molecule has 0 bridgehead atoms. The fourth-order valence-corrected chi connectivity index (χ4v) is 2.55. The Kier molecular flexibility index (Phi) is 7.68. The van der Waals surface area contributed by atoms with Crippen LogP contribution < -0.4 is 16.0 Å². The summed E-state index contributed by atoms with van der Waals surface area (Å²) in [5.74, 6) is 0.813. The lowest BCUT2D eigenvalue weighted by Gasteiger charge is -2.13. The Morgan fingerprint density at radius 3 is 2.35 bits per heavy atom. The van der Waals surface area contributed by atoms with Gasteiger partial charge in [-0.25, -0.2) is 0 Å². The molecule has 0 fully saturated rings. The summed E-state index contributed by atoms with van der Waals surface area (Å²) in [6.45, 7) is 5.49. The van der Waals surface area contributed by atoms with Crippen LogP contribution in [0.4, 0.5) is 5.69 Å². The van der Waals surface area contributed by atoms with Crippen molar-refractivity contribution in [3.63, 3.8) is 0 Å². The molecule has 138 valence electrons. The Bertz CT molecular complexity index is 738. The molecule has 2 rings (SSSR count). The van der Waals surface area contributed by atoms with Crippen molar-refractivity contribution in [1.82, 2.24) is 10.6 Å². The number of nitrogens with one attached hydrogen (secondary N) is 3. The molecule has 5 nitrogen and oxygen atoms in total. The highest BCUT2D eigenvalue weighted by Gasteiger charge is 2.03. The van der Waals surface area contributed by atoms with E-state index in [4.69, 9.17) is 0 Å². The van der Waals surface area contributed by atoms with E-state index in [2.05, 4.69) is 40.0 Å². The predicted molar refractivity (Wildman–Crippen MR) is 108 cm³/mol. The van der Waals surface area contributed by atoms with Gasteiger partial charge >= 0.3 is 0 Å². The van der Waals surface area contributed by atoms with Crippen molar-refractivity contribution in [3.05, 3.63) is 65.2 Å². The number of nitrogens with zero attached hydrogens (tertiary/aromatic N) is 1. The van der Waals surface area contributed by atoms with E-state index in [-0.39, 0.29) is 5.91 Å². The smallest absolute Gasteiger partial charge is 0.224 e. The van der Waals surface area contributed by atoms with Crippen molar-refractivity contribution in [1.29, 1.82) is 0 Å². The van der Waals surface area contributed by atoms with Crippen LogP contribution in [-0.2, 0) is 17.9 Å². The normalized spacial score (nSPS) is 11.1. The monoisotopic (exact) mass is 352 g/mol. The molecular weight excluding hydrogens is 324 g/mol. The van der Waals surface area contributed by atoms with Gasteiger partial charge in [-0.2, -0.15) is 0 Å². The lowest BCUT2D eigenvalue weighted by molar-refractivity contribution is -0.116. The van der Waals surface area contributed by atoms with Gasteiger partial charge in [0, 0.05) is 32.2 Å². The van der Waals surface area contributed by atoms with Crippen LogP contribution in [0.3, 0.4) is 0 Å². The number of hydrogen-bond donors (Lipinski definition) is 3. The number of rotatable bonds is 7. The zero-order chi connectivity index (χ0) is 18.8. The average molecular weight is 352 g/mol. The van der Waals surface area contributed by atoms with E-state index in [1.165, 1.54) is 11.1 Å². The van der Waals surface area contributed by atoms with Crippen LogP contribution in [0.15, 0.2) is 53.5 Å². The molecule has 0 atom stereocenters. The minimum Gasteiger partial charge on any atom is -0.352 e. The molecule has 0 saturated heterocycles. The van der Waals surface area contributed by atoms with Crippen LogP contribution in [-0.4, -0.2) is 18.9 Å². The highest BCUT2D eigenvalue weighted by Crippen LogP contribution is 2.10. The van der Waals surface area contributed by atoms with Gasteiger partial charge in [-0.1, -0.05) is 43.3 Å². The lowest BCUT2D eigenvalue weighted by atomic mass is 10.1. The number of carbonyl (C=O) groups is 1. The number of benzene rings is 2. The first kappa shape index (κ1) is 19.5. The van der Waals surface area contributed by atoms with E-state index >= 15 is 0 Å². The van der Waals surface area contributed by atoms with Gasteiger partial charge < -0.3 is 16.0 Å². The fourth-order valence-electron chi connectivity index (χ4n) is 2.55. The van der Waals surface area contributed by atoms with Gasteiger partial charge in [-0.05, 0) is 42.2 Å². The quantitative estimate of drug-likeness (QED) is 0.527. The number of aryl methyl sites for hydroxylation is 1. The zero-order valence-corrected chi connectivity index (χ0v) is 15.8. The topological polar surface area (TPSA) is 65.5 Å². The Labute approximate surface area is 155 Å². The lowest BCUT2D eigenvalue weighted by Crippen LogP contribution is -2.36. The van der Waals surface area contributed by atoms with Gasteiger partial charge in [0.2, 0.25) is 5.91 Å². The van der Waals surface area contributed by atoms with Gasteiger partial charge in [-0.15, -0.1) is 0 Å². The maximum atomic E-state index is 11.6. The van der Waals surface area contributed by atoms with Crippen molar-refractivity contribution in [2.75, 3.05) is 12.4 Å². The first-order valence-corrected chi connectivity index (χ1v) is 9.00. The first-order valence-electron chi connectivity index (χ1n) is 9.00. The summed E-state index contributed by atoms with van der Waals surface area (Å²) in [6, 6.07) is 16.2.